The Morgan fingerprint density at radius 2 is 1.56 bits per heavy atom. The van der Waals surface area contributed by atoms with Crippen LogP contribution in [0.4, 0.5) is 4.79 Å². The van der Waals surface area contributed by atoms with Crippen LogP contribution in [-0.4, -0.2) is 30.2 Å². The molecule has 4 aromatic rings. The van der Waals surface area contributed by atoms with Gasteiger partial charge in [-0.2, -0.15) is 0 Å². The Kier molecular flexibility index (Phi) is 7.45. The molecule has 0 aliphatic heterocycles. The molecule has 0 spiro atoms. The molecule has 34 heavy (non-hydrogen) atoms. The van der Waals surface area contributed by atoms with E-state index >= 15 is 0 Å². The van der Waals surface area contributed by atoms with Gasteiger partial charge in [-0.3, -0.25) is 0 Å². The van der Waals surface area contributed by atoms with Gasteiger partial charge in [0.25, 0.3) is 0 Å². The zero-order valence-corrected chi connectivity index (χ0v) is 18.8. The fraction of sp³-hybridized carbons (Fsp3) is 0.185. The van der Waals surface area contributed by atoms with E-state index in [1.807, 2.05) is 85.1 Å². The Morgan fingerprint density at radius 3 is 2.24 bits per heavy atom. The third kappa shape index (κ3) is 5.75. The van der Waals surface area contributed by atoms with Crippen molar-refractivity contribution in [3.63, 3.8) is 0 Å². The Balaban J connectivity index is 1.44. The summed E-state index contributed by atoms with van der Waals surface area (Å²) in [5.74, 6) is 0.153. The molecule has 1 heterocycles. The number of esters is 1. The molecule has 3 aromatic carbocycles. The zero-order chi connectivity index (χ0) is 23.8. The van der Waals surface area contributed by atoms with Crippen molar-refractivity contribution in [2.45, 2.75) is 25.7 Å². The fourth-order valence-corrected chi connectivity index (χ4v) is 3.67. The Labute approximate surface area is 197 Å². The summed E-state index contributed by atoms with van der Waals surface area (Å²) in [6.45, 7) is 0.545. The van der Waals surface area contributed by atoms with Gasteiger partial charge < -0.3 is 24.5 Å². The van der Waals surface area contributed by atoms with E-state index < -0.39 is 18.1 Å². The molecule has 7 nitrogen and oxygen atoms in total. The maximum Gasteiger partial charge on any atom is 0.408 e. The molecule has 1 amide bonds. The number of nitrogens with one attached hydrogen (secondary N) is 2. The molecule has 0 fully saturated rings. The maximum absolute atomic E-state index is 12.4. The van der Waals surface area contributed by atoms with Crippen molar-refractivity contribution in [3.8, 4) is 5.75 Å². The number of carbonyl (C=O) groups is 2. The summed E-state index contributed by atoms with van der Waals surface area (Å²) in [6, 6.07) is 24.1. The van der Waals surface area contributed by atoms with Crippen LogP contribution in [0, 0.1) is 0 Å². The van der Waals surface area contributed by atoms with Crippen LogP contribution in [0.2, 0.25) is 0 Å². The van der Waals surface area contributed by atoms with E-state index in [4.69, 9.17) is 14.2 Å². The number of hydrogen-bond acceptors (Lipinski definition) is 5. The monoisotopic (exact) mass is 458 g/mol. The van der Waals surface area contributed by atoms with Gasteiger partial charge >= 0.3 is 12.1 Å². The lowest BCUT2D eigenvalue weighted by Gasteiger charge is -2.16. The van der Waals surface area contributed by atoms with Crippen molar-refractivity contribution in [2.75, 3.05) is 7.11 Å². The van der Waals surface area contributed by atoms with Gasteiger partial charge in [-0.1, -0.05) is 72.8 Å². The first-order valence-electron chi connectivity index (χ1n) is 10.9. The summed E-state index contributed by atoms with van der Waals surface area (Å²) >= 11 is 0. The number of alkyl carbamates (subject to hydrolysis) is 1. The summed E-state index contributed by atoms with van der Waals surface area (Å²) in [5.41, 5.74) is 3.59. The number of carbonyl (C=O) groups excluding carboxylic acids is 2. The number of aromatic nitrogens is 1. The van der Waals surface area contributed by atoms with Crippen LogP contribution < -0.4 is 10.1 Å². The van der Waals surface area contributed by atoms with Crippen molar-refractivity contribution in [1.29, 1.82) is 0 Å². The Hall–Kier alpha value is -4.26. The predicted molar refractivity (Wildman–Crippen MR) is 128 cm³/mol. The van der Waals surface area contributed by atoms with Crippen LogP contribution in [0.1, 0.15) is 16.7 Å². The zero-order valence-electron chi connectivity index (χ0n) is 18.8. The highest BCUT2D eigenvalue weighted by Gasteiger charge is 2.24. The number of benzene rings is 3. The molecule has 0 radical (unpaired) electrons. The topological polar surface area (TPSA) is 89.7 Å². The molecule has 0 bridgehead atoms. The molecule has 174 valence electrons. The molecule has 4 rings (SSSR count). The van der Waals surface area contributed by atoms with Gasteiger partial charge in [0.15, 0.2) is 0 Å². The average molecular weight is 459 g/mol. The SMILES string of the molecule is COC(=O)[C@H](Cc1c[nH]c2c(OCc3ccccc3)cccc12)NC(=O)OCc1ccccc1. The van der Waals surface area contributed by atoms with E-state index in [2.05, 4.69) is 10.3 Å². The summed E-state index contributed by atoms with van der Waals surface area (Å²) in [6.07, 6.45) is 1.35. The number of amides is 1. The minimum Gasteiger partial charge on any atom is -0.487 e. The highest BCUT2D eigenvalue weighted by molar-refractivity contribution is 5.89. The molecular formula is C27H26N2O5. The predicted octanol–water partition coefficient (Wildman–Crippen LogP) is 4.76. The van der Waals surface area contributed by atoms with Crippen LogP contribution in [-0.2, 0) is 33.9 Å². The number of para-hydroxylation sites is 1. The van der Waals surface area contributed by atoms with E-state index in [-0.39, 0.29) is 13.0 Å². The number of aromatic amines is 1. The summed E-state index contributed by atoms with van der Waals surface area (Å²) in [7, 11) is 1.29. The van der Waals surface area contributed by atoms with Crippen molar-refractivity contribution in [1.82, 2.24) is 10.3 Å². The average Bonchev–Trinajstić information content (AvgIpc) is 3.30. The van der Waals surface area contributed by atoms with Gasteiger partial charge in [0.2, 0.25) is 0 Å². The Bertz CT molecular complexity index is 1240. The van der Waals surface area contributed by atoms with Crippen LogP contribution in [0.15, 0.2) is 85.1 Å². The number of hydrogen-bond donors (Lipinski definition) is 2. The first kappa shape index (κ1) is 22.9. The summed E-state index contributed by atoms with van der Waals surface area (Å²) in [5, 5.41) is 3.52. The second-order valence-electron chi connectivity index (χ2n) is 7.75. The number of H-pyrrole nitrogens is 1. The molecule has 0 aliphatic carbocycles. The van der Waals surface area contributed by atoms with E-state index in [1.54, 1.807) is 0 Å². The molecule has 0 unspecified atom stereocenters. The standard InChI is InChI=1S/C27H26N2O5/c1-32-26(30)23(29-27(31)34-18-20-11-6-3-7-12-20)15-21-16-28-25-22(21)13-8-14-24(25)33-17-19-9-4-2-5-10-19/h2-14,16,23,28H,15,17-18H2,1H3,(H,29,31)/t23-/m0/s1. The lowest BCUT2D eigenvalue weighted by molar-refractivity contribution is -0.142. The van der Waals surface area contributed by atoms with Crippen molar-refractivity contribution >= 4 is 23.0 Å². The molecule has 0 saturated carbocycles. The largest absolute Gasteiger partial charge is 0.487 e. The third-order valence-electron chi connectivity index (χ3n) is 5.41. The molecule has 1 atom stereocenters. The van der Waals surface area contributed by atoms with E-state index in [0.29, 0.717) is 12.4 Å². The van der Waals surface area contributed by atoms with Crippen molar-refractivity contribution < 1.29 is 23.8 Å². The normalized spacial score (nSPS) is 11.6. The first-order valence-corrected chi connectivity index (χ1v) is 10.9. The van der Waals surface area contributed by atoms with Crippen LogP contribution in [0.3, 0.4) is 0 Å². The van der Waals surface area contributed by atoms with Crippen LogP contribution in [0.25, 0.3) is 10.9 Å². The van der Waals surface area contributed by atoms with E-state index in [9.17, 15) is 9.59 Å². The number of ether oxygens (including phenoxy) is 3. The first-order chi connectivity index (χ1) is 16.6. The molecule has 0 aliphatic rings. The maximum atomic E-state index is 12.4. The lowest BCUT2D eigenvalue weighted by atomic mass is 10.0. The van der Waals surface area contributed by atoms with Crippen LogP contribution >= 0.6 is 0 Å². The minimum atomic E-state index is -0.902. The number of rotatable bonds is 9. The fourth-order valence-electron chi connectivity index (χ4n) is 3.67. The Morgan fingerprint density at radius 1 is 0.882 bits per heavy atom. The van der Waals surface area contributed by atoms with E-state index in [1.165, 1.54) is 7.11 Å². The van der Waals surface area contributed by atoms with Crippen molar-refractivity contribution in [3.05, 3.63) is 102 Å². The second kappa shape index (κ2) is 11.0. The highest BCUT2D eigenvalue weighted by Crippen LogP contribution is 2.28. The molecule has 1 aromatic heterocycles. The van der Waals surface area contributed by atoms with Gasteiger partial charge in [0.1, 0.15) is 25.0 Å². The van der Waals surface area contributed by atoms with Gasteiger partial charge in [0.05, 0.1) is 12.6 Å². The van der Waals surface area contributed by atoms with Gasteiger partial charge in [0, 0.05) is 18.0 Å². The van der Waals surface area contributed by atoms with Gasteiger partial charge in [-0.25, -0.2) is 9.59 Å². The number of methoxy groups -OCH3 is 1. The number of fused-ring (bicyclic) bond motifs is 1. The van der Waals surface area contributed by atoms with Gasteiger partial charge in [-0.15, -0.1) is 0 Å². The second-order valence-corrected chi connectivity index (χ2v) is 7.75. The molecule has 2 N–H and O–H groups in total. The third-order valence-corrected chi connectivity index (χ3v) is 5.41. The summed E-state index contributed by atoms with van der Waals surface area (Å²) in [4.78, 5) is 28.0. The van der Waals surface area contributed by atoms with Crippen LogP contribution in [0.5, 0.6) is 5.75 Å². The lowest BCUT2D eigenvalue weighted by Crippen LogP contribution is -2.43. The summed E-state index contributed by atoms with van der Waals surface area (Å²) < 4.78 is 16.2. The van der Waals surface area contributed by atoms with Crippen molar-refractivity contribution in [2.24, 2.45) is 0 Å². The van der Waals surface area contributed by atoms with E-state index in [0.717, 1.165) is 27.6 Å². The van der Waals surface area contributed by atoms with Gasteiger partial charge in [-0.05, 0) is 22.8 Å². The quantitative estimate of drug-likeness (QED) is 0.353. The minimum absolute atomic E-state index is 0.107. The molecule has 7 heteroatoms. The molecule has 0 saturated heterocycles. The smallest absolute Gasteiger partial charge is 0.408 e. The molecular weight excluding hydrogens is 432 g/mol. The highest BCUT2D eigenvalue weighted by atomic mass is 16.6.